The Balaban J connectivity index is 1.64. The molecule has 0 aliphatic carbocycles. The summed E-state index contributed by atoms with van der Waals surface area (Å²) in [6, 6.07) is 3.90. The molecule has 2 aromatic rings. The number of carbonyl (C=O) groups is 1. The maximum Gasteiger partial charge on any atom is 0.222 e. The van der Waals surface area contributed by atoms with Crippen molar-refractivity contribution in [3.8, 4) is 0 Å². The van der Waals surface area contributed by atoms with Crippen LogP contribution >= 0.6 is 0 Å². The zero-order valence-electron chi connectivity index (χ0n) is 15.3. The summed E-state index contributed by atoms with van der Waals surface area (Å²) in [7, 11) is 1.76. The smallest absolute Gasteiger partial charge is 0.222 e. The lowest BCUT2D eigenvalue weighted by molar-refractivity contribution is -0.133. The maximum atomic E-state index is 12.1. The Bertz CT molecular complexity index is 753. The molecule has 0 bridgehead atoms. The van der Waals surface area contributed by atoms with E-state index in [0.717, 1.165) is 29.7 Å². The summed E-state index contributed by atoms with van der Waals surface area (Å²) in [6.07, 6.45) is 7.73. The van der Waals surface area contributed by atoms with E-state index in [2.05, 4.69) is 14.9 Å². The number of nitrogens with zero attached hydrogens (tertiary/aromatic N) is 4. The van der Waals surface area contributed by atoms with Gasteiger partial charge in [0.2, 0.25) is 5.91 Å². The summed E-state index contributed by atoms with van der Waals surface area (Å²) in [6.45, 7) is 2.33. The van der Waals surface area contributed by atoms with E-state index in [1.54, 1.807) is 18.1 Å². The van der Waals surface area contributed by atoms with E-state index in [1.807, 2.05) is 24.5 Å². The molecule has 7 nitrogen and oxygen atoms in total. The van der Waals surface area contributed by atoms with E-state index in [4.69, 9.17) is 5.73 Å². The fourth-order valence-electron chi connectivity index (χ4n) is 3.55. The predicted octanol–water partition coefficient (Wildman–Crippen LogP) is 1.16. The molecule has 0 unspecified atom stereocenters. The number of nitrogens with two attached hydrogens (primary N) is 1. The van der Waals surface area contributed by atoms with Gasteiger partial charge in [-0.2, -0.15) is 0 Å². The van der Waals surface area contributed by atoms with Crippen molar-refractivity contribution in [1.29, 1.82) is 0 Å². The van der Waals surface area contributed by atoms with Crippen LogP contribution in [0.2, 0.25) is 0 Å². The number of rotatable bonds is 6. The third-order valence-corrected chi connectivity index (χ3v) is 5.11. The predicted molar refractivity (Wildman–Crippen MR) is 102 cm³/mol. The number of hydrogen-bond donors (Lipinski definition) is 2. The zero-order chi connectivity index (χ0) is 18.6. The number of hydrogen-bond acceptors (Lipinski definition) is 6. The van der Waals surface area contributed by atoms with Gasteiger partial charge < -0.3 is 20.6 Å². The molecule has 7 heteroatoms. The number of carbonyl (C=O) groups excluding carboxylic acids is 1. The molecule has 0 aromatic carbocycles. The third kappa shape index (κ3) is 4.11. The van der Waals surface area contributed by atoms with E-state index in [9.17, 15) is 9.90 Å². The van der Waals surface area contributed by atoms with E-state index in [0.29, 0.717) is 38.8 Å². The minimum atomic E-state index is -0.843. The number of pyridine rings is 2. The Hall–Kier alpha value is -2.25. The first-order chi connectivity index (χ1) is 12.5. The zero-order valence-corrected chi connectivity index (χ0v) is 15.3. The van der Waals surface area contributed by atoms with Crippen LogP contribution in [0.5, 0.6) is 0 Å². The lowest BCUT2D eigenvalue weighted by atomic mass is 9.90. The van der Waals surface area contributed by atoms with Crippen LogP contribution in [0.3, 0.4) is 0 Å². The molecule has 140 valence electrons. The van der Waals surface area contributed by atoms with Crippen molar-refractivity contribution in [2.45, 2.75) is 31.3 Å². The molecule has 0 spiro atoms. The Kier molecular flexibility index (Phi) is 5.68. The second-order valence-corrected chi connectivity index (χ2v) is 7.08. The highest BCUT2D eigenvalue weighted by Crippen LogP contribution is 2.30. The maximum absolute atomic E-state index is 12.1. The second-order valence-electron chi connectivity index (χ2n) is 7.08. The molecule has 0 radical (unpaired) electrons. The lowest BCUT2D eigenvalue weighted by Gasteiger charge is -2.41. The van der Waals surface area contributed by atoms with Crippen molar-refractivity contribution < 1.29 is 9.90 Å². The molecule has 3 heterocycles. The number of anilines is 1. The highest BCUT2D eigenvalue weighted by molar-refractivity contribution is 5.90. The van der Waals surface area contributed by atoms with E-state index in [-0.39, 0.29) is 5.91 Å². The SMILES string of the molecule is CN(CC1(O)CCN(c2ccnc3ccncc23)CC1)C(=O)CCCN. The Labute approximate surface area is 153 Å². The Morgan fingerprint density at radius 2 is 2.12 bits per heavy atom. The van der Waals surface area contributed by atoms with Crippen molar-refractivity contribution in [1.82, 2.24) is 14.9 Å². The second kappa shape index (κ2) is 7.97. The molecule has 0 atom stereocenters. The Morgan fingerprint density at radius 3 is 2.85 bits per heavy atom. The number of piperidine rings is 1. The molecule has 26 heavy (non-hydrogen) atoms. The van der Waals surface area contributed by atoms with Crippen molar-refractivity contribution >= 4 is 22.5 Å². The molecule has 1 fully saturated rings. The van der Waals surface area contributed by atoms with Crippen LogP contribution < -0.4 is 10.6 Å². The quantitative estimate of drug-likeness (QED) is 0.805. The van der Waals surface area contributed by atoms with Gasteiger partial charge >= 0.3 is 0 Å². The first kappa shape index (κ1) is 18.5. The summed E-state index contributed by atoms with van der Waals surface area (Å²) in [4.78, 5) is 24.6. The van der Waals surface area contributed by atoms with Gasteiger partial charge in [-0.3, -0.25) is 14.8 Å². The molecule has 1 saturated heterocycles. The topological polar surface area (TPSA) is 95.6 Å². The molecule has 0 saturated carbocycles. The highest BCUT2D eigenvalue weighted by Gasteiger charge is 2.34. The molecular formula is C19H27N5O2. The fourth-order valence-corrected chi connectivity index (χ4v) is 3.55. The Morgan fingerprint density at radius 1 is 1.35 bits per heavy atom. The van der Waals surface area contributed by atoms with Gasteiger partial charge in [-0.05, 0) is 37.9 Å². The van der Waals surface area contributed by atoms with Gasteiger partial charge in [-0.15, -0.1) is 0 Å². The van der Waals surface area contributed by atoms with Crippen molar-refractivity contribution in [2.24, 2.45) is 5.73 Å². The van der Waals surface area contributed by atoms with Gasteiger partial charge in [0.05, 0.1) is 11.1 Å². The van der Waals surface area contributed by atoms with Crippen LogP contribution in [0.4, 0.5) is 5.69 Å². The number of aliphatic hydroxyl groups is 1. The molecule has 1 amide bonds. The van der Waals surface area contributed by atoms with Gasteiger partial charge in [0.15, 0.2) is 0 Å². The van der Waals surface area contributed by atoms with Gasteiger partial charge in [0.25, 0.3) is 0 Å². The van der Waals surface area contributed by atoms with E-state index >= 15 is 0 Å². The third-order valence-electron chi connectivity index (χ3n) is 5.11. The molecule has 1 aliphatic heterocycles. The minimum Gasteiger partial charge on any atom is -0.388 e. The molecule has 1 aliphatic rings. The molecule has 3 N–H and O–H groups in total. The standard InChI is InChI=1S/C19H27N5O2/c1-23(18(25)3-2-8-20)14-19(26)6-11-24(12-7-19)17-5-10-22-16-4-9-21-13-15(16)17/h4-5,9-10,13,26H,2-3,6-8,11-12,14,20H2,1H3. The van der Waals surface area contributed by atoms with Crippen LogP contribution in [-0.4, -0.2) is 64.7 Å². The van der Waals surface area contributed by atoms with Gasteiger partial charge in [0, 0.05) is 62.8 Å². The summed E-state index contributed by atoms with van der Waals surface area (Å²) < 4.78 is 0. The largest absolute Gasteiger partial charge is 0.388 e. The average molecular weight is 357 g/mol. The normalized spacial score (nSPS) is 16.7. The summed E-state index contributed by atoms with van der Waals surface area (Å²) in [5.74, 6) is 0.0394. The van der Waals surface area contributed by atoms with Gasteiger partial charge in [0.1, 0.15) is 0 Å². The summed E-state index contributed by atoms with van der Waals surface area (Å²) in [5, 5.41) is 11.9. The van der Waals surface area contributed by atoms with Crippen LogP contribution in [0.15, 0.2) is 30.7 Å². The number of fused-ring (bicyclic) bond motifs is 1. The lowest BCUT2D eigenvalue weighted by Crippen LogP contribution is -2.51. The van der Waals surface area contributed by atoms with Crippen molar-refractivity contribution in [3.63, 3.8) is 0 Å². The number of aromatic nitrogens is 2. The number of amides is 1. The highest BCUT2D eigenvalue weighted by atomic mass is 16.3. The molecular weight excluding hydrogens is 330 g/mol. The molecule has 2 aromatic heterocycles. The van der Waals surface area contributed by atoms with Gasteiger partial charge in [-0.1, -0.05) is 0 Å². The van der Waals surface area contributed by atoms with Crippen LogP contribution in [0.25, 0.3) is 10.9 Å². The van der Waals surface area contributed by atoms with Crippen molar-refractivity contribution in [3.05, 3.63) is 30.7 Å². The molecule has 3 rings (SSSR count). The van der Waals surface area contributed by atoms with E-state index < -0.39 is 5.60 Å². The van der Waals surface area contributed by atoms with E-state index in [1.165, 1.54) is 0 Å². The van der Waals surface area contributed by atoms with Crippen LogP contribution in [0.1, 0.15) is 25.7 Å². The average Bonchev–Trinajstić information content (AvgIpc) is 2.66. The van der Waals surface area contributed by atoms with Crippen molar-refractivity contribution in [2.75, 3.05) is 38.1 Å². The minimum absolute atomic E-state index is 0.0394. The monoisotopic (exact) mass is 357 g/mol. The fraction of sp³-hybridized carbons (Fsp3) is 0.526. The summed E-state index contributed by atoms with van der Waals surface area (Å²) >= 11 is 0. The first-order valence-corrected chi connectivity index (χ1v) is 9.12. The van der Waals surface area contributed by atoms with Gasteiger partial charge in [-0.25, -0.2) is 0 Å². The number of likely N-dealkylation sites (N-methyl/N-ethyl adjacent to an activating group) is 1. The summed E-state index contributed by atoms with van der Waals surface area (Å²) in [5.41, 5.74) is 6.64. The van der Waals surface area contributed by atoms with Crippen LogP contribution in [0, 0.1) is 0 Å². The first-order valence-electron chi connectivity index (χ1n) is 9.12. The van der Waals surface area contributed by atoms with Crippen LogP contribution in [-0.2, 0) is 4.79 Å².